The van der Waals surface area contributed by atoms with E-state index in [-0.39, 0.29) is 0 Å². The second-order valence-corrected chi connectivity index (χ2v) is 7.36. The summed E-state index contributed by atoms with van der Waals surface area (Å²) in [6.07, 6.45) is 3.89. The van der Waals surface area contributed by atoms with E-state index in [2.05, 4.69) is 40.1 Å². The zero-order valence-corrected chi connectivity index (χ0v) is 13.5. The largest absolute Gasteiger partial charge is 0.388 e. The van der Waals surface area contributed by atoms with Crippen LogP contribution in [0, 0.1) is 12.3 Å². The minimum Gasteiger partial charge on any atom is -0.388 e. The lowest BCUT2D eigenvalue weighted by molar-refractivity contribution is -0.0145. The van der Waals surface area contributed by atoms with Gasteiger partial charge in [0.1, 0.15) is 5.82 Å². The van der Waals surface area contributed by atoms with Crippen molar-refractivity contribution in [1.82, 2.24) is 4.98 Å². The molecule has 0 atom stereocenters. The second kappa shape index (κ2) is 5.41. The Labute approximate surface area is 124 Å². The monoisotopic (exact) mass is 326 g/mol. The number of hydrogen-bond acceptors (Lipinski definition) is 3. The number of aryl methyl sites for hydroxylation is 1. The van der Waals surface area contributed by atoms with Gasteiger partial charge in [0.2, 0.25) is 0 Å². The highest BCUT2D eigenvalue weighted by Crippen LogP contribution is 2.40. The fourth-order valence-electron chi connectivity index (χ4n) is 2.47. The van der Waals surface area contributed by atoms with Crippen molar-refractivity contribution in [1.29, 1.82) is 0 Å². The van der Waals surface area contributed by atoms with Crippen LogP contribution >= 0.6 is 15.9 Å². The first kappa shape index (κ1) is 14.8. The smallest absolute Gasteiger partial charge is 0.126 e. The Morgan fingerprint density at radius 1 is 1.26 bits per heavy atom. The van der Waals surface area contributed by atoms with Crippen molar-refractivity contribution >= 4 is 21.7 Å². The van der Waals surface area contributed by atoms with Crippen molar-refractivity contribution in [2.75, 3.05) is 11.9 Å². The molecule has 1 aromatic rings. The van der Waals surface area contributed by atoms with E-state index < -0.39 is 5.60 Å². The number of anilines is 1. The Hall–Kier alpha value is -0.610. The van der Waals surface area contributed by atoms with Gasteiger partial charge in [0.05, 0.1) is 11.3 Å². The Kier molecular flexibility index (Phi) is 4.21. The van der Waals surface area contributed by atoms with Gasteiger partial charge in [-0.2, -0.15) is 0 Å². The molecule has 1 heterocycles. The number of pyridine rings is 1. The fourth-order valence-corrected chi connectivity index (χ4v) is 2.69. The molecule has 0 radical (unpaired) electrons. The molecule has 4 heteroatoms. The molecule has 1 aromatic heterocycles. The molecule has 19 heavy (non-hydrogen) atoms. The SMILES string of the molecule is Cc1nc(NCC2(O)CCC(C)(C)CC2)ccc1Br. The molecule has 3 nitrogen and oxygen atoms in total. The minimum absolute atomic E-state index is 0.374. The lowest BCUT2D eigenvalue weighted by Gasteiger charge is -2.40. The van der Waals surface area contributed by atoms with Crippen LogP contribution in [0.1, 0.15) is 45.2 Å². The molecule has 0 bridgehead atoms. The van der Waals surface area contributed by atoms with E-state index in [1.54, 1.807) is 0 Å². The topological polar surface area (TPSA) is 45.2 Å². The van der Waals surface area contributed by atoms with Crippen LogP contribution < -0.4 is 5.32 Å². The highest BCUT2D eigenvalue weighted by molar-refractivity contribution is 9.10. The Morgan fingerprint density at radius 2 is 1.89 bits per heavy atom. The maximum atomic E-state index is 10.6. The molecule has 0 amide bonds. The summed E-state index contributed by atoms with van der Waals surface area (Å²) in [5.41, 5.74) is 0.749. The average molecular weight is 327 g/mol. The number of aromatic nitrogens is 1. The van der Waals surface area contributed by atoms with E-state index in [1.807, 2.05) is 19.1 Å². The quantitative estimate of drug-likeness (QED) is 0.885. The van der Waals surface area contributed by atoms with Crippen LogP contribution in [0.5, 0.6) is 0 Å². The molecule has 1 aliphatic rings. The van der Waals surface area contributed by atoms with Gasteiger partial charge in [-0.15, -0.1) is 0 Å². The van der Waals surface area contributed by atoms with Crippen molar-refractivity contribution in [2.45, 2.75) is 52.1 Å². The lowest BCUT2D eigenvalue weighted by atomic mass is 9.71. The van der Waals surface area contributed by atoms with Crippen molar-refractivity contribution in [2.24, 2.45) is 5.41 Å². The third kappa shape index (κ3) is 3.93. The summed E-state index contributed by atoms with van der Waals surface area (Å²) in [5.74, 6) is 0.832. The van der Waals surface area contributed by atoms with Crippen LogP contribution in [0.4, 0.5) is 5.82 Å². The highest BCUT2D eigenvalue weighted by Gasteiger charge is 2.36. The summed E-state index contributed by atoms with van der Waals surface area (Å²) < 4.78 is 1.01. The molecule has 0 aliphatic heterocycles. The summed E-state index contributed by atoms with van der Waals surface area (Å²) in [6, 6.07) is 3.92. The molecular formula is C15H23BrN2O. The van der Waals surface area contributed by atoms with Crippen LogP contribution in [0.2, 0.25) is 0 Å². The van der Waals surface area contributed by atoms with Gasteiger partial charge in [-0.1, -0.05) is 13.8 Å². The first-order valence-corrected chi connectivity index (χ1v) is 7.68. The average Bonchev–Trinajstić information content (AvgIpc) is 2.36. The predicted octanol–water partition coefficient (Wildman–Crippen LogP) is 3.90. The molecule has 0 aromatic carbocycles. The van der Waals surface area contributed by atoms with Gasteiger partial charge in [0.15, 0.2) is 0 Å². The third-order valence-electron chi connectivity index (χ3n) is 4.15. The highest BCUT2D eigenvalue weighted by atomic mass is 79.9. The molecule has 0 spiro atoms. The molecule has 1 aliphatic carbocycles. The van der Waals surface area contributed by atoms with Crippen LogP contribution in [0.3, 0.4) is 0 Å². The summed E-state index contributed by atoms with van der Waals surface area (Å²) in [7, 11) is 0. The van der Waals surface area contributed by atoms with Gasteiger partial charge in [-0.25, -0.2) is 4.98 Å². The minimum atomic E-state index is -0.585. The molecule has 0 saturated heterocycles. The predicted molar refractivity (Wildman–Crippen MR) is 82.4 cm³/mol. The van der Waals surface area contributed by atoms with E-state index in [1.165, 1.54) is 0 Å². The Balaban J connectivity index is 1.93. The molecule has 2 rings (SSSR count). The van der Waals surface area contributed by atoms with Crippen LogP contribution in [-0.2, 0) is 0 Å². The van der Waals surface area contributed by atoms with Crippen LogP contribution in [-0.4, -0.2) is 22.2 Å². The summed E-state index contributed by atoms with van der Waals surface area (Å²) in [5, 5.41) is 13.9. The van der Waals surface area contributed by atoms with Gasteiger partial charge < -0.3 is 10.4 Å². The first-order valence-electron chi connectivity index (χ1n) is 6.89. The summed E-state index contributed by atoms with van der Waals surface area (Å²) >= 11 is 3.44. The normalized spacial score (nSPS) is 21.1. The molecule has 2 N–H and O–H groups in total. The summed E-state index contributed by atoms with van der Waals surface area (Å²) in [6.45, 7) is 7.10. The van der Waals surface area contributed by atoms with E-state index in [4.69, 9.17) is 0 Å². The van der Waals surface area contributed by atoms with E-state index in [9.17, 15) is 5.11 Å². The number of rotatable bonds is 3. The van der Waals surface area contributed by atoms with E-state index in [0.717, 1.165) is 41.7 Å². The number of hydrogen-bond donors (Lipinski definition) is 2. The number of nitrogens with zero attached hydrogens (tertiary/aromatic N) is 1. The molecule has 0 unspecified atom stereocenters. The zero-order valence-electron chi connectivity index (χ0n) is 12.0. The maximum Gasteiger partial charge on any atom is 0.126 e. The van der Waals surface area contributed by atoms with E-state index >= 15 is 0 Å². The first-order chi connectivity index (χ1) is 8.80. The van der Waals surface area contributed by atoms with Crippen molar-refractivity contribution < 1.29 is 5.11 Å². The maximum absolute atomic E-state index is 10.6. The second-order valence-electron chi connectivity index (χ2n) is 6.51. The molecule has 1 fully saturated rings. The van der Waals surface area contributed by atoms with Crippen LogP contribution in [0.25, 0.3) is 0 Å². The molecule has 1 saturated carbocycles. The van der Waals surface area contributed by atoms with Gasteiger partial charge in [-0.05, 0) is 66.1 Å². The standard InChI is InChI=1S/C15H23BrN2O/c1-11-12(16)4-5-13(18-11)17-10-15(19)8-6-14(2,3)7-9-15/h4-5,19H,6-10H2,1-3H3,(H,17,18). The molecule has 106 valence electrons. The van der Waals surface area contributed by atoms with Crippen molar-refractivity contribution in [3.05, 3.63) is 22.3 Å². The number of halogens is 1. The Morgan fingerprint density at radius 3 is 2.47 bits per heavy atom. The fraction of sp³-hybridized carbons (Fsp3) is 0.667. The molecular weight excluding hydrogens is 304 g/mol. The lowest BCUT2D eigenvalue weighted by Crippen LogP contribution is -2.42. The van der Waals surface area contributed by atoms with Gasteiger partial charge >= 0.3 is 0 Å². The number of aliphatic hydroxyl groups is 1. The van der Waals surface area contributed by atoms with Gasteiger partial charge in [0.25, 0.3) is 0 Å². The Bertz CT molecular complexity index is 449. The summed E-state index contributed by atoms with van der Waals surface area (Å²) in [4.78, 5) is 4.45. The third-order valence-corrected chi connectivity index (χ3v) is 4.99. The zero-order chi connectivity index (χ0) is 14.1. The number of nitrogens with one attached hydrogen (secondary N) is 1. The van der Waals surface area contributed by atoms with Crippen molar-refractivity contribution in [3.63, 3.8) is 0 Å². The van der Waals surface area contributed by atoms with Crippen LogP contribution in [0.15, 0.2) is 16.6 Å². The van der Waals surface area contributed by atoms with E-state index in [0.29, 0.717) is 12.0 Å². The van der Waals surface area contributed by atoms with Gasteiger partial charge in [0, 0.05) is 11.0 Å². The van der Waals surface area contributed by atoms with Gasteiger partial charge in [-0.3, -0.25) is 0 Å². The van der Waals surface area contributed by atoms with Crippen molar-refractivity contribution in [3.8, 4) is 0 Å².